The van der Waals surface area contributed by atoms with Crippen LogP contribution in [-0.2, 0) is 17.8 Å². The van der Waals surface area contributed by atoms with Gasteiger partial charge in [-0.15, -0.1) is 6.58 Å². The lowest BCUT2D eigenvalue weighted by Crippen LogP contribution is -2.28. The van der Waals surface area contributed by atoms with Crippen molar-refractivity contribution in [1.82, 2.24) is 9.47 Å². The van der Waals surface area contributed by atoms with Crippen LogP contribution in [0.3, 0.4) is 0 Å². The van der Waals surface area contributed by atoms with Crippen LogP contribution in [0.4, 0.5) is 0 Å². The number of pyridine rings is 1. The third-order valence-corrected chi connectivity index (χ3v) is 3.67. The Morgan fingerprint density at radius 1 is 1.62 bits per heavy atom. The molecule has 0 spiro atoms. The molecule has 1 saturated heterocycles. The molecule has 6 heteroatoms. The highest BCUT2D eigenvalue weighted by Gasteiger charge is 2.24. The lowest BCUT2D eigenvalue weighted by molar-refractivity contribution is 0.0967. The molecular formula is C15H19N3O3. The highest BCUT2D eigenvalue weighted by atomic mass is 16.5. The van der Waals surface area contributed by atoms with E-state index in [1.807, 2.05) is 17.9 Å². The van der Waals surface area contributed by atoms with Crippen LogP contribution in [0.25, 0.3) is 0 Å². The Balaban J connectivity index is 2.49. The third-order valence-electron chi connectivity index (χ3n) is 3.67. The summed E-state index contributed by atoms with van der Waals surface area (Å²) < 4.78 is 6.64. The van der Waals surface area contributed by atoms with Crippen molar-refractivity contribution in [2.75, 3.05) is 13.3 Å². The molecule has 0 aromatic carbocycles. The van der Waals surface area contributed by atoms with Gasteiger partial charge >= 0.3 is 0 Å². The lowest BCUT2D eigenvalue weighted by Gasteiger charge is -2.19. The maximum Gasteiger partial charge on any atom is 0.271 e. The fraction of sp³-hybridized carbons (Fsp3) is 0.467. The Bertz CT molecular complexity index is 658. The molecule has 1 atom stereocenters. The average Bonchev–Trinajstić information content (AvgIpc) is 2.86. The van der Waals surface area contributed by atoms with Gasteiger partial charge in [-0.2, -0.15) is 5.26 Å². The molecule has 1 aromatic rings. The largest absolute Gasteiger partial charge is 0.494 e. The van der Waals surface area contributed by atoms with Crippen LogP contribution in [0.15, 0.2) is 17.4 Å². The van der Waals surface area contributed by atoms with E-state index in [0.29, 0.717) is 24.4 Å². The van der Waals surface area contributed by atoms with E-state index in [9.17, 15) is 15.2 Å². The Hall–Kier alpha value is -2.10. The predicted molar refractivity (Wildman–Crippen MR) is 77.8 cm³/mol. The number of aromatic hydroxyl groups is 1. The van der Waals surface area contributed by atoms with Crippen molar-refractivity contribution in [3.05, 3.63) is 39.7 Å². The summed E-state index contributed by atoms with van der Waals surface area (Å²) >= 11 is 0. The van der Waals surface area contributed by atoms with E-state index in [-0.39, 0.29) is 24.1 Å². The molecule has 1 fully saturated rings. The van der Waals surface area contributed by atoms with E-state index >= 15 is 0 Å². The predicted octanol–water partition coefficient (Wildman–Crippen LogP) is 1.10. The molecule has 112 valence electrons. The first-order valence-electron chi connectivity index (χ1n) is 6.79. The molecule has 0 radical (unpaired) electrons. The van der Waals surface area contributed by atoms with Gasteiger partial charge in [0.1, 0.15) is 11.6 Å². The zero-order chi connectivity index (χ0) is 15.6. The van der Waals surface area contributed by atoms with E-state index in [1.165, 1.54) is 10.6 Å². The highest BCUT2D eigenvalue weighted by Crippen LogP contribution is 2.24. The molecule has 0 amide bonds. The van der Waals surface area contributed by atoms with Gasteiger partial charge in [0.2, 0.25) is 0 Å². The second kappa shape index (κ2) is 6.12. The summed E-state index contributed by atoms with van der Waals surface area (Å²) in [5.74, 6) is -0.101. The summed E-state index contributed by atoms with van der Waals surface area (Å²) in [5, 5.41) is 19.6. The molecular weight excluding hydrogens is 270 g/mol. The Labute approximate surface area is 123 Å². The van der Waals surface area contributed by atoms with E-state index in [1.54, 1.807) is 6.92 Å². The molecule has 1 unspecified atom stereocenters. The fourth-order valence-corrected chi connectivity index (χ4v) is 2.53. The summed E-state index contributed by atoms with van der Waals surface area (Å²) in [5.41, 5.74) is 0.700. The summed E-state index contributed by atoms with van der Waals surface area (Å²) in [6, 6.07) is 1.94. The standard InChI is InChI=1S/C15H19N3O3/c1-4-5-18-14(19)12(6-16)11(3)13(15(18)20)8-17-7-10(2)21-9-17/h4,10,20H,1,5,7-9H2,2-3H3. The van der Waals surface area contributed by atoms with Crippen LogP contribution < -0.4 is 5.56 Å². The van der Waals surface area contributed by atoms with Gasteiger partial charge in [-0.25, -0.2) is 0 Å². The fourth-order valence-electron chi connectivity index (χ4n) is 2.53. The first kappa shape index (κ1) is 15.3. The van der Waals surface area contributed by atoms with Crippen LogP contribution in [-0.4, -0.2) is 34.0 Å². The zero-order valence-electron chi connectivity index (χ0n) is 12.3. The minimum atomic E-state index is -0.484. The monoisotopic (exact) mass is 289 g/mol. The molecule has 2 heterocycles. The SMILES string of the molecule is C=CCn1c(O)c(CN2COC(C)C2)c(C)c(C#N)c1=O. The Kier molecular flexibility index (Phi) is 4.46. The van der Waals surface area contributed by atoms with Crippen molar-refractivity contribution in [3.63, 3.8) is 0 Å². The first-order valence-corrected chi connectivity index (χ1v) is 6.79. The number of hydrogen-bond acceptors (Lipinski definition) is 5. The lowest BCUT2D eigenvalue weighted by atomic mass is 10.0. The quantitative estimate of drug-likeness (QED) is 0.840. The number of nitriles is 1. The second-order valence-electron chi connectivity index (χ2n) is 5.24. The number of aromatic nitrogens is 1. The van der Waals surface area contributed by atoms with Crippen molar-refractivity contribution in [3.8, 4) is 11.9 Å². The van der Waals surface area contributed by atoms with Gasteiger partial charge in [0.25, 0.3) is 5.56 Å². The smallest absolute Gasteiger partial charge is 0.271 e. The molecule has 1 N–H and O–H groups in total. The van der Waals surface area contributed by atoms with Crippen LogP contribution in [0, 0.1) is 18.3 Å². The zero-order valence-corrected chi connectivity index (χ0v) is 12.3. The number of allylic oxidation sites excluding steroid dienone is 1. The van der Waals surface area contributed by atoms with Crippen molar-refractivity contribution in [1.29, 1.82) is 5.26 Å². The van der Waals surface area contributed by atoms with Crippen molar-refractivity contribution < 1.29 is 9.84 Å². The molecule has 0 bridgehead atoms. The second-order valence-corrected chi connectivity index (χ2v) is 5.24. The van der Waals surface area contributed by atoms with Gasteiger partial charge in [-0.1, -0.05) is 6.08 Å². The maximum absolute atomic E-state index is 12.2. The van der Waals surface area contributed by atoms with Gasteiger partial charge in [-0.05, 0) is 19.4 Å². The molecule has 1 aromatic heterocycles. The topological polar surface area (TPSA) is 78.5 Å². The minimum absolute atomic E-state index is 0.0674. The number of nitrogens with zero attached hydrogens (tertiary/aromatic N) is 3. The molecule has 2 rings (SSSR count). The van der Waals surface area contributed by atoms with Crippen LogP contribution in [0.1, 0.15) is 23.6 Å². The Morgan fingerprint density at radius 3 is 2.86 bits per heavy atom. The van der Waals surface area contributed by atoms with Gasteiger partial charge in [0.15, 0.2) is 5.88 Å². The van der Waals surface area contributed by atoms with E-state index in [0.717, 1.165) is 6.54 Å². The molecule has 6 nitrogen and oxygen atoms in total. The van der Waals surface area contributed by atoms with Crippen LogP contribution in [0.2, 0.25) is 0 Å². The summed E-state index contributed by atoms with van der Waals surface area (Å²) in [4.78, 5) is 14.2. The molecule has 1 aliphatic heterocycles. The first-order chi connectivity index (χ1) is 9.99. The minimum Gasteiger partial charge on any atom is -0.494 e. The highest BCUT2D eigenvalue weighted by molar-refractivity contribution is 5.45. The van der Waals surface area contributed by atoms with Gasteiger partial charge < -0.3 is 9.84 Å². The normalized spacial score (nSPS) is 18.6. The molecule has 0 saturated carbocycles. The van der Waals surface area contributed by atoms with E-state index in [4.69, 9.17) is 4.74 Å². The van der Waals surface area contributed by atoms with Gasteiger partial charge in [-0.3, -0.25) is 14.3 Å². The number of hydrogen-bond donors (Lipinski definition) is 1. The van der Waals surface area contributed by atoms with Gasteiger partial charge in [0, 0.05) is 25.2 Å². The van der Waals surface area contributed by atoms with Crippen molar-refractivity contribution in [2.24, 2.45) is 0 Å². The summed E-state index contributed by atoms with van der Waals surface area (Å²) in [7, 11) is 0. The average molecular weight is 289 g/mol. The molecule has 21 heavy (non-hydrogen) atoms. The maximum atomic E-state index is 12.2. The number of rotatable bonds is 4. The molecule has 0 aliphatic carbocycles. The number of ether oxygens (including phenoxy) is 1. The van der Waals surface area contributed by atoms with Crippen LogP contribution >= 0.6 is 0 Å². The van der Waals surface area contributed by atoms with Gasteiger partial charge in [0.05, 0.1) is 12.8 Å². The van der Waals surface area contributed by atoms with E-state index < -0.39 is 5.56 Å². The summed E-state index contributed by atoms with van der Waals surface area (Å²) in [6.45, 7) is 9.07. The summed E-state index contributed by atoms with van der Waals surface area (Å²) in [6.07, 6.45) is 1.66. The third kappa shape index (κ3) is 2.84. The van der Waals surface area contributed by atoms with Crippen molar-refractivity contribution in [2.45, 2.75) is 33.0 Å². The Morgan fingerprint density at radius 2 is 2.33 bits per heavy atom. The molecule has 1 aliphatic rings. The van der Waals surface area contributed by atoms with Crippen LogP contribution in [0.5, 0.6) is 5.88 Å². The van der Waals surface area contributed by atoms with E-state index in [2.05, 4.69) is 6.58 Å². The van der Waals surface area contributed by atoms with Crippen molar-refractivity contribution >= 4 is 0 Å².